The van der Waals surface area contributed by atoms with Gasteiger partial charge in [-0.05, 0) is 17.9 Å². The number of carbonyl (C=O) groups excluding carboxylic acids is 1. The Morgan fingerprint density at radius 3 is 3.00 bits per heavy atom. The SMILES string of the molecule is C#CCNC(=O)c1cscc1C. The number of aryl methyl sites for hydroxylation is 1. The van der Waals surface area contributed by atoms with Gasteiger partial charge >= 0.3 is 0 Å². The molecule has 0 aromatic carbocycles. The third kappa shape index (κ3) is 1.86. The van der Waals surface area contributed by atoms with Crippen LogP contribution >= 0.6 is 11.3 Å². The fourth-order valence-electron chi connectivity index (χ4n) is 0.820. The van der Waals surface area contributed by atoms with Crippen molar-refractivity contribution in [3.05, 3.63) is 21.9 Å². The van der Waals surface area contributed by atoms with Gasteiger partial charge in [0.05, 0.1) is 12.1 Å². The molecule has 0 radical (unpaired) electrons. The second-order valence-corrected chi connectivity index (χ2v) is 3.10. The molecule has 0 aliphatic heterocycles. The number of nitrogens with one attached hydrogen (secondary N) is 1. The number of carbonyl (C=O) groups is 1. The molecule has 0 aliphatic rings. The first-order chi connectivity index (χ1) is 5.75. The van der Waals surface area contributed by atoms with Gasteiger partial charge in [-0.2, -0.15) is 11.3 Å². The van der Waals surface area contributed by atoms with Gasteiger partial charge in [0.2, 0.25) is 0 Å². The molecule has 1 aromatic rings. The van der Waals surface area contributed by atoms with Gasteiger partial charge in [-0.1, -0.05) is 5.92 Å². The van der Waals surface area contributed by atoms with Crippen LogP contribution in [0.1, 0.15) is 15.9 Å². The summed E-state index contributed by atoms with van der Waals surface area (Å²) < 4.78 is 0. The summed E-state index contributed by atoms with van der Waals surface area (Å²) in [6.45, 7) is 2.19. The molecule has 3 heteroatoms. The Labute approximate surface area is 75.6 Å². The molecule has 2 nitrogen and oxygen atoms in total. The molecule has 0 aliphatic carbocycles. The maximum absolute atomic E-state index is 11.3. The highest BCUT2D eigenvalue weighted by atomic mass is 32.1. The molecule has 1 aromatic heterocycles. The third-order valence-corrected chi connectivity index (χ3v) is 2.31. The smallest absolute Gasteiger partial charge is 0.253 e. The van der Waals surface area contributed by atoms with E-state index in [-0.39, 0.29) is 12.5 Å². The molecular formula is C9H9NOS. The van der Waals surface area contributed by atoms with Crippen molar-refractivity contribution in [1.29, 1.82) is 0 Å². The van der Waals surface area contributed by atoms with Crippen molar-refractivity contribution in [3.8, 4) is 12.3 Å². The third-order valence-electron chi connectivity index (χ3n) is 1.45. The largest absolute Gasteiger partial charge is 0.341 e. The summed E-state index contributed by atoms with van der Waals surface area (Å²) in [6.07, 6.45) is 5.01. The summed E-state index contributed by atoms with van der Waals surface area (Å²) in [7, 11) is 0. The monoisotopic (exact) mass is 179 g/mol. The van der Waals surface area contributed by atoms with Crippen LogP contribution < -0.4 is 5.32 Å². The van der Waals surface area contributed by atoms with Gasteiger partial charge in [0.25, 0.3) is 5.91 Å². The first kappa shape index (κ1) is 8.82. The molecule has 0 bridgehead atoms. The molecule has 1 N–H and O–H groups in total. The summed E-state index contributed by atoms with van der Waals surface area (Å²) in [5.74, 6) is 2.26. The van der Waals surface area contributed by atoms with Crippen LogP contribution in [0.25, 0.3) is 0 Å². The highest BCUT2D eigenvalue weighted by Gasteiger charge is 2.07. The van der Waals surface area contributed by atoms with Crippen molar-refractivity contribution in [2.45, 2.75) is 6.92 Å². The Morgan fingerprint density at radius 2 is 2.50 bits per heavy atom. The quantitative estimate of drug-likeness (QED) is 0.683. The van der Waals surface area contributed by atoms with Crippen LogP contribution in [-0.4, -0.2) is 12.5 Å². The molecule has 1 amide bonds. The zero-order chi connectivity index (χ0) is 8.97. The van der Waals surface area contributed by atoms with E-state index in [0.717, 1.165) is 11.1 Å². The average molecular weight is 179 g/mol. The van der Waals surface area contributed by atoms with Crippen LogP contribution in [0, 0.1) is 19.3 Å². The van der Waals surface area contributed by atoms with E-state index in [4.69, 9.17) is 6.42 Å². The van der Waals surface area contributed by atoms with Gasteiger partial charge in [-0.15, -0.1) is 6.42 Å². The Balaban J connectivity index is 2.67. The normalized spacial score (nSPS) is 9.00. The molecule has 0 spiro atoms. The second-order valence-electron chi connectivity index (χ2n) is 2.36. The molecule has 0 saturated heterocycles. The van der Waals surface area contributed by atoms with E-state index in [1.165, 1.54) is 11.3 Å². The molecule has 0 saturated carbocycles. The molecule has 1 rings (SSSR count). The van der Waals surface area contributed by atoms with Crippen molar-refractivity contribution >= 4 is 17.2 Å². The van der Waals surface area contributed by atoms with E-state index in [0.29, 0.717) is 0 Å². The van der Waals surface area contributed by atoms with Crippen molar-refractivity contribution in [1.82, 2.24) is 5.32 Å². The van der Waals surface area contributed by atoms with Gasteiger partial charge < -0.3 is 5.32 Å². The molecule has 0 atom stereocenters. The van der Waals surface area contributed by atoms with Crippen LogP contribution in [-0.2, 0) is 0 Å². The van der Waals surface area contributed by atoms with Gasteiger partial charge in [0.15, 0.2) is 0 Å². The zero-order valence-corrected chi connectivity index (χ0v) is 7.57. The maximum atomic E-state index is 11.3. The fourth-order valence-corrected chi connectivity index (χ4v) is 1.65. The second kappa shape index (κ2) is 3.93. The molecule has 12 heavy (non-hydrogen) atoms. The lowest BCUT2D eigenvalue weighted by Crippen LogP contribution is -2.23. The standard InChI is InChI=1S/C9H9NOS/c1-3-4-10-9(11)8-6-12-5-7(8)2/h1,5-6H,4H2,2H3,(H,10,11). The van der Waals surface area contributed by atoms with E-state index in [1.54, 1.807) is 0 Å². The minimum atomic E-state index is -0.0910. The lowest BCUT2D eigenvalue weighted by atomic mass is 10.2. The molecular weight excluding hydrogens is 170 g/mol. The van der Waals surface area contributed by atoms with Crippen molar-refractivity contribution in [2.24, 2.45) is 0 Å². The van der Waals surface area contributed by atoms with Crippen molar-refractivity contribution < 1.29 is 4.79 Å². The number of rotatable bonds is 2. The number of amides is 1. The van der Waals surface area contributed by atoms with E-state index in [9.17, 15) is 4.79 Å². The Bertz CT molecular complexity index is 322. The predicted octanol–water partition coefficient (Wildman–Crippen LogP) is 1.42. The van der Waals surface area contributed by atoms with E-state index in [2.05, 4.69) is 11.2 Å². The number of thiophene rings is 1. The maximum Gasteiger partial charge on any atom is 0.253 e. The first-order valence-electron chi connectivity index (χ1n) is 3.50. The fraction of sp³-hybridized carbons (Fsp3) is 0.222. The van der Waals surface area contributed by atoms with Crippen LogP contribution in [0.2, 0.25) is 0 Å². The Morgan fingerprint density at radius 1 is 1.75 bits per heavy atom. The Kier molecular flexibility index (Phi) is 2.89. The molecule has 0 unspecified atom stereocenters. The topological polar surface area (TPSA) is 29.1 Å². The van der Waals surface area contributed by atoms with Crippen LogP contribution in [0.4, 0.5) is 0 Å². The van der Waals surface area contributed by atoms with Crippen LogP contribution in [0.3, 0.4) is 0 Å². The molecule has 0 fully saturated rings. The summed E-state index contributed by atoms with van der Waals surface area (Å²) in [5, 5.41) is 6.36. The predicted molar refractivity (Wildman–Crippen MR) is 50.2 cm³/mol. The van der Waals surface area contributed by atoms with Crippen molar-refractivity contribution in [2.75, 3.05) is 6.54 Å². The van der Waals surface area contributed by atoms with Crippen LogP contribution in [0.5, 0.6) is 0 Å². The van der Waals surface area contributed by atoms with Gasteiger partial charge in [-0.3, -0.25) is 4.79 Å². The van der Waals surface area contributed by atoms with E-state index >= 15 is 0 Å². The summed E-state index contributed by atoms with van der Waals surface area (Å²) in [6, 6.07) is 0. The highest BCUT2D eigenvalue weighted by Crippen LogP contribution is 2.12. The van der Waals surface area contributed by atoms with Gasteiger partial charge in [0.1, 0.15) is 0 Å². The lowest BCUT2D eigenvalue weighted by molar-refractivity contribution is 0.0958. The van der Waals surface area contributed by atoms with E-state index in [1.807, 2.05) is 17.7 Å². The molecule has 1 heterocycles. The molecule has 62 valence electrons. The Hall–Kier alpha value is -1.27. The zero-order valence-electron chi connectivity index (χ0n) is 6.76. The number of hydrogen-bond donors (Lipinski definition) is 1. The average Bonchev–Trinajstić information content (AvgIpc) is 2.47. The van der Waals surface area contributed by atoms with E-state index < -0.39 is 0 Å². The van der Waals surface area contributed by atoms with Crippen LogP contribution in [0.15, 0.2) is 10.8 Å². The van der Waals surface area contributed by atoms with Gasteiger partial charge in [-0.25, -0.2) is 0 Å². The minimum Gasteiger partial charge on any atom is -0.341 e. The first-order valence-corrected chi connectivity index (χ1v) is 4.44. The number of hydrogen-bond acceptors (Lipinski definition) is 2. The summed E-state index contributed by atoms with van der Waals surface area (Å²) in [4.78, 5) is 11.3. The summed E-state index contributed by atoms with van der Waals surface area (Å²) >= 11 is 1.52. The summed E-state index contributed by atoms with van der Waals surface area (Å²) in [5.41, 5.74) is 1.71. The van der Waals surface area contributed by atoms with Gasteiger partial charge in [0, 0.05) is 5.38 Å². The number of terminal acetylenes is 1. The highest BCUT2D eigenvalue weighted by molar-refractivity contribution is 7.08. The minimum absolute atomic E-state index is 0.0910. The van der Waals surface area contributed by atoms with Crippen molar-refractivity contribution in [3.63, 3.8) is 0 Å². The lowest BCUT2D eigenvalue weighted by Gasteiger charge is -1.98.